The highest BCUT2D eigenvalue weighted by Crippen LogP contribution is 2.22. The number of fused-ring (bicyclic) bond motifs is 1. The maximum atomic E-state index is 11.7. The number of ether oxygens (including phenoxy) is 1. The number of aliphatic carboxylic acids is 1. The van der Waals surface area contributed by atoms with Crippen molar-refractivity contribution < 1.29 is 19.4 Å². The minimum atomic E-state index is -0.881. The Morgan fingerprint density at radius 1 is 1.43 bits per heavy atom. The summed E-state index contributed by atoms with van der Waals surface area (Å²) in [5.41, 5.74) is 0. The molecule has 21 heavy (non-hydrogen) atoms. The van der Waals surface area contributed by atoms with Gasteiger partial charge in [-0.15, -0.1) is 0 Å². The molecule has 2 heterocycles. The van der Waals surface area contributed by atoms with Crippen LogP contribution in [0.5, 0.6) is 0 Å². The molecular weight excluding hydrogens is 274 g/mol. The Labute approximate surface area is 125 Å². The Hall–Kier alpha value is -1.34. The third-order valence-electron chi connectivity index (χ3n) is 4.30. The Kier molecular flexibility index (Phi) is 5.81. The highest BCUT2D eigenvalue weighted by atomic mass is 16.5. The summed E-state index contributed by atoms with van der Waals surface area (Å²) in [4.78, 5) is 25.0. The summed E-state index contributed by atoms with van der Waals surface area (Å²) in [6, 6.07) is 0.220. The van der Waals surface area contributed by atoms with Gasteiger partial charge in [-0.1, -0.05) is 6.92 Å². The summed E-state index contributed by atoms with van der Waals surface area (Å²) in [7, 11) is 0. The smallest absolute Gasteiger partial charge is 0.314 e. The van der Waals surface area contributed by atoms with Crippen molar-refractivity contribution in [1.82, 2.24) is 15.5 Å². The molecular formula is C14H25N3O4. The average Bonchev–Trinajstić information content (AvgIpc) is 2.92. The number of carbonyl (C=O) groups is 2. The van der Waals surface area contributed by atoms with Gasteiger partial charge in [-0.05, 0) is 25.8 Å². The zero-order valence-corrected chi connectivity index (χ0v) is 12.5. The molecule has 0 aromatic rings. The molecule has 0 radical (unpaired) electrons. The summed E-state index contributed by atoms with van der Waals surface area (Å²) in [6.07, 6.45) is 2.94. The second kappa shape index (κ2) is 7.61. The van der Waals surface area contributed by atoms with Gasteiger partial charge in [0, 0.05) is 25.7 Å². The van der Waals surface area contributed by atoms with Gasteiger partial charge in [0.05, 0.1) is 18.6 Å². The zero-order valence-electron chi connectivity index (χ0n) is 12.5. The second-order valence-corrected chi connectivity index (χ2v) is 5.78. The molecule has 3 N–H and O–H groups in total. The fourth-order valence-electron chi connectivity index (χ4n) is 2.90. The first-order valence-electron chi connectivity index (χ1n) is 7.70. The van der Waals surface area contributed by atoms with E-state index in [1.165, 1.54) is 12.8 Å². The van der Waals surface area contributed by atoms with Crippen LogP contribution >= 0.6 is 0 Å². The molecule has 0 aliphatic carbocycles. The Balaban J connectivity index is 1.63. The van der Waals surface area contributed by atoms with Crippen molar-refractivity contribution >= 4 is 12.0 Å². The molecule has 0 aromatic carbocycles. The Morgan fingerprint density at radius 2 is 2.24 bits per heavy atom. The van der Waals surface area contributed by atoms with E-state index in [2.05, 4.69) is 15.5 Å². The third kappa shape index (κ3) is 4.57. The molecule has 120 valence electrons. The van der Waals surface area contributed by atoms with Crippen molar-refractivity contribution in [3.05, 3.63) is 0 Å². The van der Waals surface area contributed by atoms with Gasteiger partial charge < -0.3 is 20.5 Å². The first-order chi connectivity index (χ1) is 10.1. The van der Waals surface area contributed by atoms with Gasteiger partial charge in [0.2, 0.25) is 0 Å². The monoisotopic (exact) mass is 299 g/mol. The van der Waals surface area contributed by atoms with Crippen LogP contribution in [-0.2, 0) is 9.53 Å². The molecule has 0 saturated carbocycles. The number of hydrogen-bond donors (Lipinski definition) is 3. The topological polar surface area (TPSA) is 90.9 Å². The van der Waals surface area contributed by atoms with Crippen molar-refractivity contribution in [3.8, 4) is 0 Å². The second-order valence-electron chi connectivity index (χ2n) is 5.78. The molecule has 0 bridgehead atoms. The molecule has 2 saturated heterocycles. The van der Waals surface area contributed by atoms with Crippen LogP contribution in [0.15, 0.2) is 0 Å². The molecule has 7 nitrogen and oxygen atoms in total. The standard InChI is InChI=1S/C14H25N3O4/c1-2-10(13(18)19)6-15-14(20)16-7-12-8-17-5-3-4-11(17)9-21-12/h10-12H,2-9H2,1H3,(H,18,19)(H2,15,16,20). The summed E-state index contributed by atoms with van der Waals surface area (Å²) >= 11 is 0. The van der Waals surface area contributed by atoms with Crippen LogP contribution in [0.2, 0.25) is 0 Å². The van der Waals surface area contributed by atoms with Crippen molar-refractivity contribution in [2.24, 2.45) is 5.92 Å². The molecule has 2 rings (SSSR count). The number of rotatable bonds is 6. The van der Waals surface area contributed by atoms with Gasteiger partial charge in [0.15, 0.2) is 0 Å². The summed E-state index contributed by atoms with van der Waals surface area (Å²) < 4.78 is 5.75. The van der Waals surface area contributed by atoms with E-state index in [1.807, 2.05) is 0 Å². The first kappa shape index (κ1) is 16.0. The van der Waals surface area contributed by atoms with E-state index in [1.54, 1.807) is 6.92 Å². The van der Waals surface area contributed by atoms with Crippen LogP contribution in [0.4, 0.5) is 4.79 Å². The lowest BCUT2D eigenvalue weighted by Gasteiger charge is -2.35. The molecule has 7 heteroatoms. The van der Waals surface area contributed by atoms with Crippen molar-refractivity contribution in [2.45, 2.75) is 38.3 Å². The molecule has 2 amide bonds. The number of urea groups is 1. The van der Waals surface area contributed by atoms with Crippen molar-refractivity contribution in [1.29, 1.82) is 0 Å². The summed E-state index contributed by atoms with van der Waals surface area (Å²) in [6.45, 7) is 5.12. The van der Waals surface area contributed by atoms with Crippen LogP contribution in [0.1, 0.15) is 26.2 Å². The number of morpholine rings is 1. The predicted octanol–water partition coefficient (Wildman–Crippen LogP) is 0.260. The van der Waals surface area contributed by atoms with Gasteiger partial charge in [0.1, 0.15) is 0 Å². The predicted molar refractivity (Wildman–Crippen MR) is 77.2 cm³/mol. The maximum Gasteiger partial charge on any atom is 0.314 e. The van der Waals surface area contributed by atoms with E-state index in [0.29, 0.717) is 19.0 Å². The molecule has 2 aliphatic heterocycles. The highest BCUT2D eigenvalue weighted by molar-refractivity contribution is 5.75. The van der Waals surface area contributed by atoms with Gasteiger partial charge in [-0.3, -0.25) is 9.69 Å². The summed E-state index contributed by atoms with van der Waals surface area (Å²) in [5.74, 6) is -1.42. The Morgan fingerprint density at radius 3 is 2.95 bits per heavy atom. The van der Waals surface area contributed by atoms with Crippen LogP contribution in [0.25, 0.3) is 0 Å². The third-order valence-corrected chi connectivity index (χ3v) is 4.30. The quantitative estimate of drug-likeness (QED) is 0.654. The summed E-state index contributed by atoms with van der Waals surface area (Å²) in [5, 5.41) is 14.3. The van der Waals surface area contributed by atoms with Crippen LogP contribution in [-0.4, -0.2) is 66.9 Å². The highest BCUT2D eigenvalue weighted by Gasteiger charge is 2.32. The normalized spacial score (nSPS) is 26.9. The molecule has 2 fully saturated rings. The molecule has 0 aromatic heterocycles. The average molecular weight is 299 g/mol. The van der Waals surface area contributed by atoms with Crippen LogP contribution < -0.4 is 10.6 Å². The number of carboxylic acids is 1. The lowest BCUT2D eigenvalue weighted by atomic mass is 10.1. The largest absolute Gasteiger partial charge is 0.481 e. The van der Waals surface area contributed by atoms with E-state index in [0.717, 1.165) is 19.7 Å². The van der Waals surface area contributed by atoms with Gasteiger partial charge in [-0.25, -0.2) is 4.79 Å². The number of hydrogen-bond acceptors (Lipinski definition) is 4. The number of amides is 2. The fourth-order valence-corrected chi connectivity index (χ4v) is 2.90. The number of nitrogens with one attached hydrogen (secondary N) is 2. The van der Waals surface area contributed by atoms with Crippen molar-refractivity contribution in [2.75, 3.05) is 32.8 Å². The van der Waals surface area contributed by atoms with Crippen LogP contribution in [0, 0.1) is 5.92 Å². The lowest BCUT2D eigenvalue weighted by molar-refractivity contribution is -0.141. The molecule has 2 aliphatic rings. The van der Waals surface area contributed by atoms with E-state index < -0.39 is 11.9 Å². The Bertz CT molecular complexity index is 377. The van der Waals surface area contributed by atoms with E-state index in [9.17, 15) is 9.59 Å². The number of nitrogens with zero attached hydrogens (tertiary/aromatic N) is 1. The van der Waals surface area contributed by atoms with Crippen molar-refractivity contribution in [3.63, 3.8) is 0 Å². The van der Waals surface area contributed by atoms with E-state index in [-0.39, 0.29) is 18.7 Å². The van der Waals surface area contributed by atoms with E-state index in [4.69, 9.17) is 9.84 Å². The number of carbonyl (C=O) groups excluding carboxylic acids is 1. The minimum Gasteiger partial charge on any atom is -0.481 e. The molecule has 3 atom stereocenters. The minimum absolute atomic E-state index is 0.0199. The first-order valence-corrected chi connectivity index (χ1v) is 7.70. The van der Waals surface area contributed by atoms with Gasteiger partial charge in [0.25, 0.3) is 0 Å². The fraction of sp³-hybridized carbons (Fsp3) is 0.857. The molecule has 3 unspecified atom stereocenters. The van der Waals surface area contributed by atoms with Gasteiger partial charge >= 0.3 is 12.0 Å². The SMILES string of the molecule is CCC(CNC(=O)NCC1CN2CCCC2CO1)C(=O)O. The van der Waals surface area contributed by atoms with Gasteiger partial charge in [-0.2, -0.15) is 0 Å². The molecule has 0 spiro atoms. The maximum absolute atomic E-state index is 11.7. The number of carboxylic acid groups (broad SMARTS) is 1. The van der Waals surface area contributed by atoms with E-state index >= 15 is 0 Å². The lowest BCUT2D eigenvalue weighted by Crippen LogP contribution is -2.51. The zero-order chi connectivity index (χ0) is 15.2. The van der Waals surface area contributed by atoms with Crippen LogP contribution in [0.3, 0.4) is 0 Å².